The molecule has 0 atom stereocenters. The van der Waals surface area contributed by atoms with E-state index in [0.717, 1.165) is 16.8 Å². The molecule has 0 spiro atoms. The molecule has 0 aliphatic carbocycles. The van der Waals surface area contributed by atoms with Gasteiger partial charge in [0.1, 0.15) is 5.75 Å². The van der Waals surface area contributed by atoms with Crippen LogP contribution in [0.5, 0.6) is 17.2 Å². The first-order chi connectivity index (χ1) is 16.8. The fourth-order valence-electron chi connectivity index (χ4n) is 3.69. The highest BCUT2D eigenvalue weighted by atomic mass is 19.4. The number of benzene rings is 3. The molecule has 1 aliphatic rings. The monoisotopic (exact) mass is 481 g/mol. The van der Waals surface area contributed by atoms with Crippen LogP contribution >= 0.6 is 0 Å². The van der Waals surface area contributed by atoms with E-state index in [2.05, 4.69) is 10.1 Å². The van der Waals surface area contributed by atoms with E-state index < -0.39 is 17.3 Å². The molecule has 0 fully saturated rings. The van der Waals surface area contributed by atoms with E-state index in [4.69, 9.17) is 14.2 Å². The van der Waals surface area contributed by atoms with Crippen molar-refractivity contribution >= 4 is 17.1 Å². The van der Waals surface area contributed by atoms with E-state index in [1.807, 2.05) is 6.92 Å². The van der Waals surface area contributed by atoms with E-state index >= 15 is 0 Å². The largest absolute Gasteiger partial charge is 0.493 e. The molecule has 0 saturated carbocycles. The highest BCUT2D eigenvalue weighted by molar-refractivity contribution is 5.86. The Balaban J connectivity index is 1.69. The number of hydrogen-bond donors (Lipinski definition) is 0. The lowest BCUT2D eigenvalue weighted by Crippen LogP contribution is -2.20. The lowest BCUT2D eigenvalue weighted by atomic mass is 10.1. The molecule has 10 heteroatoms. The van der Waals surface area contributed by atoms with Crippen LogP contribution in [0.3, 0.4) is 0 Å². The van der Waals surface area contributed by atoms with Gasteiger partial charge in [-0.2, -0.15) is 22.9 Å². The molecule has 5 rings (SSSR count). The molecule has 0 N–H and O–H groups in total. The summed E-state index contributed by atoms with van der Waals surface area (Å²) in [5.41, 5.74) is -0.462. The van der Waals surface area contributed by atoms with Gasteiger partial charge in [0.15, 0.2) is 17.3 Å². The van der Waals surface area contributed by atoms with E-state index in [1.165, 1.54) is 18.3 Å². The van der Waals surface area contributed by atoms with Crippen LogP contribution in [0.2, 0.25) is 0 Å². The molecule has 7 nitrogen and oxygen atoms in total. The number of hydrogen-bond acceptors (Lipinski definition) is 6. The molecule has 0 bridgehead atoms. The number of aromatic nitrogens is 2. The van der Waals surface area contributed by atoms with Crippen molar-refractivity contribution in [3.63, 3.8) is 0 Å². The van der Waals surface area contributed by atoms with Gasteiger partial charge in [-0.05, 0) is 37.3 Å². The highest BCUT2D eigenvalue weighted by Crippen LogP contribution is 2.38. The first-order valence-electron chi connectivity index (χ1n) is 10.7. The van der Waals surface area contributed by atoms with Crippen LogP contribution in [-0.2, 0) is 6.18 Å². The van der Waals surface area contributed by atoms with Gasteiger partial charge in [-0.1, -0.05) is 24.3 Å². The van der Waals surface area contributed by atoms with Crippen LogP contribution in [-0.4, -0.2) is 29.3 Å². The topological polar surface area (TPSA) is 74.9 Å². The zero-order valence-electron chi connectivity index (χ0n) is 18.4. The summed E-state index contributed by atoms with van der Waals surface area (Å²) in [6.45, 7) is 2.25. The Bertz CT molecular complexity index is 1510. The molecule has 178 valence electrons. The van der Waals surface area contributed by atoms with Crippen LogP contribution < -0.4 is 19.8 Å². The summed E-state index contributed by atoms with van der Waals surface area (Å²) in [7, 11) is 0. The molecule has 3 aromatic carbocycles. The second kappa shape index (κ2) is 8.79. The normalized spacial score (nSPS) is 13.0. The number of alkyl halides is 3. The van der Waals surface area contributed by atoms with E-state index in [-0.39, 0.29) is 23.6 Å². The van der Waals surface area contributed by atoms with Crippen LogP contribution in [0.1, 0.15) is 18.1 Å². The molecule has 2 heterocycles. The first kappa shape index (κ1) is 22.5. The quantitative estimate of drug-likeness (QED) is 0.371. The molecular weight excluding hydrogens is 463 g/mol. The number of nitrogens with zero attached hydrogens (tertiary/aromatic N) is 3. The van der Waals surface area contributed by atoms with Crippen molar-refractivity contribution in [1.29, 1.82) is 0 Å². The second-order valence-electron chi connectivity index (χ2n) is 7.57. The van der Waals surface area contributed by atoms with Gasteiger partial charge < -0.3 is 14.2 Å². The number of halogens is 3. The fourth-order valence-corrected chi connectivity index (χ4v) is 3.69. The first-order valence-corrected chi connectivity index (χ1v) is 10.7. The minimum atomic E-state index is -4.56. The van der Waals surface area contributed by atoms with Crippen molar-refractivity contribution in [2.45, 2.75) is 13.1 Å². The third-order valence-electron chi connectivity index (χ3n) is 5.32. The maximum atomic E-state index is 13.4. The van der Waals surface area contributed by atoms with Gasteiger partial charge in [0.25, 0.3) is 5.56 Å². The molecule has 1 aliphatic heterocycles. The Morgan fingerprint density at radius 2 is 1.86 bits per heavy atom. The number of rotatable bonds is 5. The van der Waals surface area contributed by atoms with Crippen molar-refractivity contribution < 1.29 is 27.4 Å². The lowest BCUT2D eigenvalue weighted by Gasteiger charge is -2.12. The number of fused-ring (bicyclic) bond motifs is 2. The van der Waals surface area contributed by atoms with Crippen molar-refractivity contribution in [3.05, 3.63) is 82.1 Å². The number of ether oxygens (including phenoxy) is 3. The van der Waals surface area contributed by atoms with E-state index in [0.29, 0.717) is 34.9 Å². The third-order valence-corrected chi connectivity index (χ3v) is 5.32. The molecular formula is C25H18F3N3O4. The second-order valence-corrected chi connectivity index (χ2v) is 7.57. The highest BCUT2D eigenvalue weighted by Gasteiger charge is 2.31. The zero-order chi connectivity index (χ0) is 24.6. The Hall–Kier alpha value is -4.34. The molecule has 0 amide bonds. The minimum absolute atomic E-state index is 0.0326. The standard InChI is InChI=1S/C25H18F3N3O4/c1-2-33-20-12-22-21(34-14-35-22)11-16(20)13-29-31-23(15-6-5-7-17(10-15)25(26,27)28)30-19-9-4-3-8-18(19)24(31)32/h3-13H,2,14H2,1H3. The smallest absolute Gasteiger partial charge is 0.416 e. The van der Waals surface area contributed by atoms with Gasteiger partial charge in [0.2, 0.25) is 6.79 Å². The van der Waals surface area contributed by atoms with Gasteiger partial charge in [0, 0.05) is 17.2 Å². The predicted octanol–water partition coefficient (Wildman–Crippen LogP) is 5.09. The van der Waals surface area contributed by atoms with Crippen LogP contribution in [0.25, 0.3) is 22.3 Å². The van der Waals surface area contributed by atoms with Gasteiger partial charge in [-0.15, -0.1) is 0 Å². The Morgan fingerprint density at radius 1 is 1.09 bits per heavy atom. The summed E-state index contributed by atoms with van der Waals surface area (Å²) < 4.78 is 57.5. The molecule has 0 radical (unpaired) electrons. The van der Waals surface area contributed by atoms with Gasteiger partial charge in [-0.3, -0.25) is 4.79 Å². The molecule has 0 saturated heterocycles. The molecule has 4 aromatic rings. The lowest BCUT2D eigenvalue weighted by molar-refractivity contribution is -0.137. The van der Waals surface area contributed by atoms with Crippen molar-refractivity contribution in [2.24, 2.45) is 5.10 Å². The number of para-hydroxylation sites is 1. The summed E-state index contributed by atoms with van der Waals surface area (Å²) in [6, 6.07) is 14.5. The Kier molecular flexibility index (Phi) is 5.64. The summed E-state index contributed by atoms with van der Waals surface area (Å²) in [5, 5.41) is 4.60. The molecule has 35 heavy (non-hydrogen) atoms. The summed E-state index contributed by atoms with van der Waals surface area (Å²) in [4.78, 5) is 17.8. The average molecular weight is 481 g/mol. The van der Waals surface area contributed by atoms with Gasteiger partial charge in [-0.25, -0.2) is 4.98 Å². The van der Waals surface area contributed by atoms with Gasteiger partial charge in [0.05, 0.1) is 29.3 Å². The summed E-state index contributed by atoms with van der Waals surface area (Å²) in [5.74, 6) is 1.41. The van der Waals surface area contributed by atoms with Crippen molar-refractivity contribution in [3.8, 4) is 28.6 Å². The van der Waals surface area contributed by atoms with Crippen LogP contribution in [0, 0.1) is 0 Å². The average Bonchev–Trinajstić information content (AvgIpc) is 3.30. The fraction of sp³-hybridized carbons (Fsp3) is 0.160. The zero-order valence-corrected chi connectivity index (χ0v) is 18.4. The van der Waals surface area contributed by atoms with E-state index in [9.17, 15) is 18.0 Å². The van der Waals surface area contributed by atoms with E-state index in [1.54, 1.807) is 36.4 Å². The maximum absolute atomic E-state index is 13.4. The van der Waals surface area contributed by atoms with Gasteiger partial charge >= 0.3 is 6.18 Å². The van der Waals surface area contributed by atoms with Crippen molar-refractivity contribution in [1.82, 2.24) is 9.66 Å². The van der Waals surface area contributed by atoms with Crippen molar-refractivity contribution in [2.75, 3.05) is 13.4 Å². The predicted molar refractivity (Wildman–Crippen MR) is 123 cm³/mol. The Morgan fingerprint density at radius 3 is 2.63 bits per heavy atom. The summed E-state index contributed by atoms with van der Waals surface area (Å²) in [6.07, 6.45) is -3.18. The van der Waals surface area contributed by atoms with Crippen LogP contribution in [0.4, 0.5) is 13.2 Å². The molecule has 1 aromatic heterocycles. The van der Waals surface area contributed by atoms with Crippen LogP contribution in [0.15, 0.2) is 70.6 Å². The summed E-state index contributed by atoms with van der Waals surface area (Å²) >= 11 is 0. The SMILES string of the molecule is CCOc1cc2c(cc1C=Nn1c(-c3cccc(C(F)(F)F)c3)nc3ccccc3c1=O)OCO2. The maximum Gasteiger partial charge on any atom is 0.416 e. The molecule has 0 unspecified atom stereocenters. The minimum Gasteiger partial charge on any atom is -0.493 e. The third kappa shape index (κ3) is 4.30. The Labute approximate surface area is 197 Å².